The van der Waals surface area contributed by atoms with Crippen LogP contribution < -0.4 is 5.32 Å². The van der Waals surface area contributed by atoms with Gasteiger partial charge in [0.2, 0.25) is 5.91 Å². The second-order valence-corrected chi connectivity index (χ2v) is 6.08. The molecule has 1 fully saturated rings. The van der Waals surface area contributed by atoms with E-state index in [1.807, 2.05) is 14.0 Å². The topological polar surface area (TPSA) is 52.6 Å². The average Bonchev–Trinajstić information content (AvgIpc) is 2.25. The molecule has 1 amide bonds. The zero-order valence-electron chi connectivity index (χ0n) is 12.1. The van der Waals surface area contributed by atoms with Gasteiger partial charge in [-0.1, -0.05) is 13.8 Å². The van der Waals surface area contributed by atoms with Crippen molar-refractivity contribution in [1.82, 2.24) is 10.2 Å². The molecule has 0 bridgehead atoms. The summed E-state index contributed by atoms with van der Waals surface area (Å²) in [5.41, 5.74) is 0. The van der Waals surface area contributed by atoms with Gasteiger partial charge in [0.05, 0.1) is 12.1 Å². The number of hydrogen-bond acceptors (Lipinski definition) is 3. The summed E-state index contributed by atoms with van der Waals surface area (Å²) in [6, 6.07) is -0.0881. The Balaban J connectivity index is 2.20. The number of hydrogen-bond donors (Lipinski definition) is 2. The van der Waals surface area contributed by atoms with Crippen LogP contribution in [0.4, 0.5) is 0 Å². The second kappa shape index (κ2) is 7.10. The van der Waals surface area contributed by atoms with Crippen LogP contribution in [0, 0.1) is 11.8 Å². The van der Waals surface area contributed by atoms with E-state index < -0.39 is 0 Å². The molecule has 4 nitrogen and oxygen atoms in total. The molecule has 1 aliphatic rings. The van der Waals surface area contributed by atoms with E-state index in [9.17, 15) is 9.90 Å². The first-order chi connectivity index (χ1) is 8.40. The molecule has 0 heterocycles. The molecule has 0 aromatic heterocycles. The van der Waals surface area contributed by atoms with Gasteiger partial charge in [-0.05, 0) is 45.1 Å². The largest absolute Gasteiger partial charge is 0.393 e. The standard InChI is InChI=1S/C14H28N2O2/c1-10(2)5-6-15-14(18)11(3)16(4)9-12-7-13(17)8-12/h10-13,17H,5-9H2,1-4H3,(H,15,18). The Hall–Kier alpha value is -0.610. The van der Waals surface area contributed by atoms with Crippen LogP contribution >= 0.6 is 0 Å². The zero-order valence-corrected chi connectivity index (χ0v) is 12.1. The highest BCUT2D eigenvalue weighted by Gasteiger charge is 2.30. The van der Waals surface area contributed by atoms with Gasteiger partial charge in [-0.15, -0.1) is 0 Å². The SMILES string of the molecule is CC(C)CCNC(=O)C(C)N(C)CC1CC(O)C1. The summed E-state index contributed by atoms with van der Waals surface area (Å²) in [6.45, 7) is 7.92. The number of carbonyl (C=O) groups excluding carboxylic acids is 1. The maximum atomic E-state index is 11.9. The smallest absolute Gasteiger partial charge is 0.237 e. The molecule has 1 rings (SSSR count). The fraction of sp³-hybridized carbons (Fsp3) is 0.929. The summed E-state index contributed by atoms with van der Waals surface area (Å²) < 4.78 is 0. The first-order valence-electron chi connectivity index (χ1n) is 7.06. The number of amides is 1. The lowest BCUT2D eigenvalue weighted by Gasteiger charge is -2.36. The van der Waals surface area contributed by atoms with E-state index in [0.29, 0.717) is 11.8 Å². The van der Waals surface area contributed by atoms with E-state index in [1.165, 1.54) is 0 Å². The van der Waals surface area contributed by atoms with Gasteiger partial charge in [-0.3, -0.25) is 9.69 Å². The third-order valence-corrected chi connectivity index (χ3v) is 3.82. The Morgan fingerprint density at radius 3 is 2.50 bits per heavy atom. The van der Waals surface area contributed by atoms with E-state index in [0.717, 1.165) is 32.4 Å². The fourth-order valence-electron chi connectivity index (χ4n) is 2.25. The summed E-state index contributed by atoms with van der Waals surface area (Å²) in [5.74, 6) is 1.28. The van der Waals surface area contributed by atoms with Gasteiger partial charge in [-0.2, -0.15) is 0 Å². The van der Waals surface area contributed by atoms with Crippen molar-refractivity contribution in [2.24, 2.45) is 11.8 Å². The predicted molar refractivity (Wildman–Crippen MR) is 73.3 cm³/mol. The summed E-state index contributed by atoms with van der Waals surface area (Å²) in [4.78, 5) is 14.0. The van der Waals surface area contributed by atoms with Gasteiger partial charge in [0.1, 0.15) is 0 Å². The fourth-order valence-corrected chi connectivity index (χ4v) is 2.25. The maximum Gasteiger partial charge on any atom is 0.237 e. The minimum Gasteiger partial charge on any atom is -0.393 e. The number of carbonyl (C=O) groups is 1. The van der Waals surface area contributed by atoms with E-state index in [1.54, 1.807) is 0 Å². The minimum absolute atomic E-state index is 0.0881. The van der Waals surface area contributed by atoms with Crippen LogP contribution in [-0.2, 0) is 4.79 Å². The molecule has 106 valence electrons. The monoisotopic (exact) mass is 256 g/mol. The Kier molecular flexibility index (Phi) is 6.09. The third-order valence-electron chi connectivity index (χ3n) is 3.82. The molecular formula is C14H28N2O2. The molecule has 0 aromatic rings. The lowest BCUT2D eigenvalue weighted by Crippen LogP contribution is -2.47. The van der Waals surface area contributed by atoms with E-state index >= 15 is 0 Å². The molecule has 1 unspecified atom stereocenters. The second-order valence-electron chi connectivity index (χ2n) is 6.08. The Labute approximate surface area is 111 Å². The average molecular weight is 256 g/mol. The molecule has 1 atom stereocenters. The van der Waals surface area contributed by atoms with E-state index in [-0.39, 0.29) is 18.1 Å². The van der Waals surface area contributed by atoms with Crippen LogP contribution in [0.1, 0.15) is 40.0 Å². The summed E-state index contributed by atoms with van der Waals surface area (Å²) in [7, 11) is 1.98. The number of aliphatic hydroxyl groups is 1. The maximum absolute atomic E-state index is 11.9. The van der Waals surface area contributed by atoms with Crippen molar-refractivity contribution < 1.29 is 9.90 Å². The molecule has 0 aromatic carbocycles. The molecule has 18 heavy (non-hydrogen) atoms. The van der Waals surface area contributed by atoms with Crippen LogP contribution in [0.3, 0.4) is 0 Å². The van der Waals surface area contributed by atoms with Gasteiger partial charge in [-0.25, -0.2) is 0 Å². The van der Waals surface area contributed by atoms with E-state index in [4.69, 9.17) is 0 Å². The molecule has 0 radical (unpaired) electrons. The van der Waals surface area contributed by atoms with Gasteiger partial charge in [0, 0.05) is 13.1 Å². The van der Waals surface area contributed by atoms with Crippen molar-refractivity contribution in [2.75, 3.05) is 20.1 Å². The van der Waals surface area contributed by atoms with Crippen LogP contribution in [0.2, 0.25) is 0 Å². The Morgan fingerprint density at radius 1 is 1.39 bits per heavy atom. The highest BCUT2D eigenvalue weighted by molar-refractivity contribution is 5.81. The van der Waals surface area contributed by atoms with Crippen molar-refractivity contribution in [3.63, 3.8) is 0 Å². The number of likely N-dealkylation sites (N-methyl/N-ethyl adjacent to an activating group) is 1. The van der Waals surface area contributed by atoms with Gasteiger partial charge < -0.3 is 10.4 Å². The molecule has 0 saturated heterocycles. The number of nitrogens with zero attached hydrogens (tertiary/aromatic N) is 1. The molecule has 1 saturated carbocycles. The Bertz CT molecular complexity index is 263. The first kappa shape index (κ1) is 15.4. The van der Waals surface area contributed by atoms with Gasteiger partial charge >= 0.3 is 0 Å². The summed E-state index contributed by atoms with van der Waals surface area (Å²) in [6.07, 6.45) is 2.67. The molecule has 1 aliphatic carbocycles. The lowest BCUT2D eigenvalue weighted by molar-refractivity contribution is -0.125. The van der Waals surface area contributed by atoms with Crippen LogP contribution in [0.25, 0.3) is 0 Å². The highest BCUT2D eigenvalue weighted by atomic mass is 16.3. The van der Waals surface area contributed by atoms with Crippen molar-refractivity contribution in [3.8, 4) is 0 Å². The minimum atomic E-state index is -0.112. The van der Waals surface area contributed by atoms with Crippen LogP contribution in [0.15, 0.2) is 0 Å². The summed E-state index contributed by atoms with van der Waals surface area (Å²) >= 11 is 0. The predicted octanol–water partition coefficient (Wildman–Crippen LogP) is 1.24. The van der Waals surface area contributed by atoms with Gasteiger partial charge in [0.15, 0.2) is 0 Å². The van der Waals surface area contributed by atoms with Crippen molar-refractivity contribution >= 4 is 5.91 Å². The number of rotatable bonds is 7. The van der Waals surface area contributed by atoms with Crippen molar-refractivity contribution in [2.45, 2.75) is 52.2 Å². The lowest BCUT2D eigenvalue weighted by atomic mass is 9.82. The van der Waals surface area contributed by atoms with Crippen LogP contribution in [-0.4, -0.2) is 48.2 Å². The molecule has 0 spiro atoms. The summed E-state index contributed by atoms with van der Waals surface area (Å²) in [5, 5.41) is 12.2. The molecular weight excluding hydrogens is 228 g/mol. The Morgan fingerprint density at radius 2 is 2.00 bits per heavy atom. The van der Waals surface area contributed by atoms with Crippen molar-refractivity contribution in [3.05, 3.63) is 0 Å². The zero-order chi connectivity index (χ0) is 13.7. The number of nitrogens with one attached hydrogen (secondary N) is 1. The van der Waals surface area contributed by atoms with Gasteiger partial charge in [0.25, 0.3) is 0 Å². The third kappa shape index (κ3) is 4.94. The normalized spacial score (nSPS) is 25.1. The molecule has 0 aliphatic heterocycles. The molecule has 2 N–H and O–H groups in total. The molecule has 4 heteroatoms. The number of aliphatic hydroxyl groups excluding tert-OH is 1. The quantitative estimate of drug-likeness (QED) is 0.720. The highest BCUT2D eigenvalue weighted by Crippen LogP contribution is 2.27. The van der Waals surface area contributed by atoms with Crippen molar-refractivity contribution in [1.29, 1.82) is 0 Å². The van der Waals surface area contributed by atoms with E-state index in [2.05, 4.69) is 24.1 Å². The van der Waals surface area contributed by atoms with Crippen LogP contribution in [0.5, 0.6) is 0 Å². The first-order valence-corrected chi connectivity index (χ1v) is 7.06.